The lowest BCUT2D eigenvalue weighted by atomic mass is 10.2. The van der Waals surface area contributed by atoms with E-state index in [2.05, 4.69) is 10.3 Å². The molecule has 0 fully saturated rings. The number of oxazole rings is 1. The van der Waals surface area contributed by atoms with Crippen molar-refractivity contribution in [2.24, 2.45) is 0 Å². The van der Waals surface area contributed by atoms with Gasteiger partial charge in [0.2, 0.25) is 11.8 Å². The number of benzene rings is 3. The number of carbonyl (C=O) groups is 1. The number of carbonyl (C=O) groups excluding carboxylic acids is 1. The van der Waals surface area contributed by atoms with Gasteiger partial charge in [-0.05, 0) is 60.7 Å². The third-order valence-corrected chi connectivity index (χ3v) is 5.85. The number of nitrogens with zero attached hydrogens (tertiary/aromatic N) is 1. The molecule has 0 saturated carbocycles. The topological polar surface area (TPSA) is 55.1 Å². The van der Waals surface area contributed by atoms with Gasteiger partial charge in [-0.15, -0.1) is 11.8 Å². The summed E-state index contributed by atoms with van der Waals surface area (Å²) in [5.41, 5.74) is 2.48. The van der Waals surface area contributed by atoms with E-state index in [1.54, 1.807) is 48.5 Å². The van der Waals surface area contributed by atoms with Crippen molar-refractivity contribution in [3.63, 3.8) is 0 Å². The van der Waals surface area contributed by atoms with Crippen LogP contribution in [0.5, 0.6) is 0 Å². The molecule has 146 valence electrons. The van der Waals surface area contributed by atoms with E-state index in [-0.39, 0.29) is 11.7 Å². The fraction of sp³-hybridized carbons (Fsp3) is 0.0476. The van der Waals surface area contributed by atoms with Crippen molar-refractivity contribution in [2.45, 2.75) is 4.90 Å². The van der Waals surface area contributed by atoms with Crippen LogP contribution in [0.3, 0.4) is 0 Å². The normalized spacial score (nSPS) is 11.0. The summed E-state index contributed by atoms with van der Waals surface area (Å²) in [6.07, 6.45) is 0. The molecule has 0 saturated heterocycles. The SMILES string of the molecule is O=C(CSc1ccc(Cl)cc1)Nc1cc(-c2nc3cc(Cl)ccc3o2)ccc1Cl. The van der Waals surface area contributed by atoms with Crippen molar-refractivity contribution in [1.29, 1.82) is 0 Å². The molecule has 29 heavy (non-hydrogen) atoms. The molecule has 0 aliphatic heterocycles. The molecule has 0 atom stereocenters. The first-order valence-corrected chi connectivity index (χ1v) is 10.6. The second kappa shape index (κ2) is 8.67. The van der Waals surface area contributed by atoms with E-state index in [1.165, 1.54) is 11.8 Å². The minimum absolute atomic E-state index is 0.173. The smallest absolute Gasteiger partial charge is 0.234 e. The zero-order chi connectivity index (χ0) is 20.4. The minimum atomic E-state index is -0.173. The molecule has 1 aromatic heterocycles. The highest BCUT2D eigenvalue weighted by Gasteiger charge is 2.13. The van der Waals surface area contributed by atoms with E-state index in [4.69, 9.17) is 39.2 Å². The number of hydrogen-bond acceptors (Lipinski definition) is 4. The molecule has 4 nitrogen and oxygen atoms in total. The summed E-state index contributed by atoms with van der Waals surface area (Å²) in [7, 11) is 0. The van der Waals surface area contributed by atoms with Gasteiger partial charge in [0.1, 0.15) is 5.52 Å². The fourth-order valence-corrected chi connectivity index (χ4v) is 3.80. The Morgan fingerprint density at radius 1 is 0.966 bits per heavy atom. The van der Waals surface area contributed by atoms with Crippen molar-refractivity contribution < 1.29 is 9.21 Å². The summed E-state index contributed by atoms with van der Waals surface area (Å²) in [6.45, 7) is 0. The lowest BCUT2D eigenvalue weighted by Crippen LogP contribution is -2.14. The molecule has 3 aromatic carbocycles. The summed E-state index contributed by atoms with van der Waals surface area (Å²) in [5, 5.41) is 4.50. The Labute approximate surface area is 186 Å². The minimum Gasteiger partial charge on any atom is -0.436 e. The first-order chi connectivity index (χ1) is 14.0. The number of halogens is 3. The third kappa shape index (κ3) is 4.87. The molecule has 0 aliphatic rings. The Morgan fingerprint density at radius 2 is 1.72 bits per heavy atom. The summed E-state index contributed by atoms with van der Waals surface area (Å²) in [6, 6.07) is 17.8. The van der Waals surface area contributed by atoms with Gasteiger partial charge in [0.05, 0.1) is 16.5 Å². The standard InChI is InChI=1S/C21H13Cl3N2O2S/c22-13-2-5-15(6-3-13)29-11-20(27)25-17-9-12(1-7-16(17)24)21-26-18-10-14(23)4-8-19(18)28-21/h1-10H,11H2,(H,25,27). The van der Waals surface area contributed by atoms with Crippen LogP contribution in [-0.4, -0.2) is 16.6 Å². The molecule has 0 aliphatic carbocycles. The van der Waals surface area contributed by atoms with Crippen molar-refractivity contribution in [2.75, 3.05) is 11.1 Å². The van der Waals surface area contributed by atoms with Crippen LogP contribution in [0.25, 0.3) is 22.6 Å². The zero-order valence-electron chi connectivity index (χ0n) is 14.8. The van der Waals surface area contributed by atoms with E-state index in [1.807, 2.05) is 12.1 Å². The first kappa shape index (κ1) is 20.1. The van der Waals surface area contributed by atoms with Crippen LogP contribution in [0.4, 0.5) is 5.69 Å². The van der Waals surface area contributed by atoms with Gasteiger partial charge >= 0.3 is 0 Å². The largest absolute Gasteiger partial charge is 0.436 e. The monoisotopic (exact) mass is 462 g/mol. The number of fused-ring (bicyclic) bond motifs is 1. The van der Waals surface area contributed by atoms with Gasteiger partial charge in [-0.1, -0.05) is 34.8 Å². The average molecular weight is 464 g/mol. The highest BCUT2D eigenvalue weighted by atomic mass is 35.5. The Kier molecular flexibility index (Phi) is 6.01. The summed E-state index contributed by atoms with van der Waals surface area (Å²) >= 11 is 19.5. The molecule has 8 heteroatoms. The zero-order valence-corrected chi connectivity index (χ0v) is 17.9. The molecular formula is C21H13Cl3N2O2S. The molecule has 0 radical (unpaired) electrons. The quantitative estimate of drug-likeness (QED) is 0.318. The average Bonchev–Trinajstić information content (AvgIpc) is 3.12. The van der Waals surface area contributed by atoms with Gasteiger partial charge < -0.3 is 9.73 Å². The van der Waals surface area contributed by atoms with E-state index in [0.717, 1.165) is 4.90 Å². The third-order valence-electron chi connectivity index (χ3n) is 4.02. The van der Waals surface area contributed by atoms with Gasteiger partial charge in [-0.3, -0.25) is 4.79 Å². The lowest BCUT2D eigenvalue weighted by molar-refractivity contribution is -0.113. The lowest BCUT2D eigenvalue weighted by Gasteiger charge is -2.08. The van der Waals surface area contributed by atoms with E-state index < -0.39 is 0 Å². The van der Waals surface area contributed by atoms with Crippen molar-refractivity contribution in [3.8, 4) is 11.5 Å². The predicted octanol–water partition coefficient (Wildman–Crippen LogP) is 7.19. The molecule has 0 bridgehead atoms. The van der Waals surface area contributed by atoms with Gasteiger partial charge in [0.15, 0.2) is 5.58 Å². The van der Waals surface area contributed by atoms with Crippen molar-refractivity contribution in [1.82, 2.24) is 4.98 Å². The van der Waals surface area contributed by atoms with Gasteiger partial charge in [0.25, 0.3) is 0 Å². The molecule has 0 unspecified atom stereocenters. The number of aromatic nitrogens is 1. The maximum atomic E-state index is 12.4. The second-order valence-electron chi connectivity index (χ2n) is 6.12. The predicted molar refractivity (Wildman–Crippen MR) is 120 cm³/mol. The molecule has 4 aromatic rings. The van der Waals surface area contributed by atoms with Gasteiger partial charge in [0, 0.05) is 20.5 Å². The van der Waals surface area contributed by atoms with Crippen molar-refractivity contribution >= 4 is 69.3 Å². The van der Waals surface area contributed by atoms with E-state index in [9.17, 15) is 4.79 Å². The number of anilines is 1. The van der Waals surface area contributed by atoms with Gasteiger partial charge in [-0.25, -0.2) is 4.98 Å². The summed E-state index contributed by atoms with van der Waals surface area (Å²) in [5.74, 6) is 0.488. The van der Waals surface area contributed by atoms with Gasteiger partial charge in [-0.2, -0.15) is 0 Å². The van der Waals surface area contributed by atoms with Crippen LogP contribution >= 0.6 is 46.6 Å². The van der Waals surface area contributed by atoms with Crippen molar-refractivity contribution in [3.05, 3.63) is 75.7 Å². The maximum Gasteiger partial charge on any atom is 0.234 e. The molecular weight excluding hydrogens is 451 g/mol. The molecule has 4 rings (SSSR count). The number of hydrogen-bond donors (Lipinski definition) is 1. The molecule has 1 amide bonds. The molecule has 1 N–H and O–H groups in total. The van der Waals surface area contributed by atoms with Crippen LogP contribution in [0.2, 0.25) is 15.1 Å². The second-order valence-corrected chi connectivity index (χ2v) is 8.45. The number of amides is 1. The molecule has 1 heterocycles. The van der Waals surface area contributed by atoms with Crippen LogP contribution in [0.1, 0.15) is 0 Å². The van der Waals surface area contributed by atoms with Crippen LogP contribution in [-0.2, 0) is 4.79 Å². The number of thioether (sulfide) groups is 1. The Hall–Kier alpha value is -2.18. The highest BCUT2D eigenvalue weighted by molar-refractivity contribution is 8.00. The molecule has 0 spiro atoms. The van der Waals surface area contributed by atoms with Crippen LogP contribution < -0.4 is 5.32 Å². The summed E-state index contributed by atoms with van der Waals surface area (Å²) < 4.78 is 5.78. The van der Waals surface area contributed by atoms with E-state index in [0.29, 0.717) is 43.3 Å². The first-order valence-electron chi connectivity index (χ1n) is 8.52. The van der Waals surface area contributed by atoms with Crippen LogP contribution in [0.15, 0.2) is 70.0 Å². The van der Waals surface area contributed by atoms with E-state index >= 15 is 0 Å². The highest BCUT2D eigenvalue weighted by Crippen LogP contribution is 2.31. The van der Waals surface area contributed by atoms with Crippen LogP contribution in [0, 0.1) is 0 Å². The maximum absolute atomic E-state index is 12.4. The Morgan fingerprint density at radius 3 is 2.52 bits per heavy atom. The Balaban J connectivity index is 1.50. The fourth-order valence-electron chi connectivity index (χ4n) is 2.64. The number of rotatable bonds is 5. The summed E-state index contributed by atoms with van der Waals surface area (Å²) in [4.78, 5) is 17.8. The Bertz CT molecular complexity index is 1190. The number of nitrogens with one attached hydrogen (secondary N) is 1.